The van der Waals surface area contributed by atoms with E-state index in [4.69, 9.17) is 4.74 Å². The number of hydrogen-bond donors (Lipinski definition) is 0. The van der Waals surface area contributed by atoms with Crippen LogP contribution in [0.5, 0.6) is 0 Å². The van der Waals surface area contributed by atoms with Gasteiger partial charge in [-0.05, 0) is 49.0 Å². The highest BCUT2D eigenvalue weighted by molar-refractivity contribution is 5.03. The Bertz CT molecular complexity index is 448. The molecule has 1 aliphatic heterocycles. The van der Waals surface area contributed by atoms with Crippen molar-refractivity contribution in [3.8, 4) is 0 Å². The van der Waals surface area contributed by atoms with E-state index in [-0.39, 0.29) is 5.60 Å². The van der Waals surface area contributed by atoms with Crippen molar-refractivity contribution in [1.29, 1.82) is 0 Å². The molecule has 1 atom stereocenters. The third-order valence-electron chi connectivity index (χ3n) is 4.98. The number of tetrazole rings is 1. The van der Waals surface area contributed by atoms with Crippen LogP contribution in [0.15, 0.2) is 0 Å². The highest BCUT2D eigenvalue weighted by atomic mass is 16.5. The van der Waals surface area contributed by atoms with E-state index >= 15 is 0 Å². The standard InChI is InChI=1S/C14H22N4O/c1-2-7-14(8-3-1)9-6-12(19-14)10-18-13(11-4-5-11)15-16-17-18/h11-12H,1-10H2/t12-/m1/s1. The predicted molar refractivity (Wildman–Crippen MR) is 69.7 cm³/mol. The molecule has 1 aromatic heterocycles. The fourth-order valence-electron chi connectivity index (χ4n) is 3.76. The quantitative estimate of drug-likeness (QED) is 0.839. The van der Waals surface area contributed by atoms with Crippen molar-refractivity contribution in [2.45, 2.75) is 82.0 Å². The van der Waals surface area contributed by atoms with Gasteiger partial charge in [0.15, 0.2) is 5.82 Å². The monoisotopic (exact) mass is 262 g/mol. The van der Waals surface area contributed by atoms with E-state index in [1.165, 1.54) is 57.8 Å². The van der Waals surface area contributed by atoms with Gasteiger partial charge in [0.2, 0.25) is 0 Å². The molecule has 2 aliphatic carbocycles. The molecular formula is C14H22N4O. The molecule has 3 aliphatic rings. The summed E-state index contributed by atoms with van der Waals surface area (Å²) in [4.78, 5) is 0. The Morgan fingerprint density at radius 1 is 1.11 bits per heavy atom. The second-order valence-corrected chi connectivity index (χ2v) is 6.52. The zero-order valence-corrected chi connectivity index (χ0v) is 11.4. The average Bonchev–Trinajstić information content (AvgIpc) is 3.06. The molecule has 0 aromatic carbocycles. The lowest BCUT2D eigenvalue weighted by atomic mass is 9.83. The first-order valence-corrected chi connectivity index (χ1v) is 7.79. The molecule has 3 fully saturated rings. The molecular weight excluding hydrogens is 240 g/mol. The van der Waals surface area contributed by atoms with E-state index in [0.717, 1.165) is 12.4 Å². The summed E-state index contributed by atoms with van der Waals surface area (Å²) in [5, 5.41) is 12.2. The van der Waals surface area contributed by atoms with Crippen molar-refractivity contribution >= 4 is 0 Å². The van der Waals surface area contributed by atoms with Crippen LogP contribution in [0.2, 0.25) is 0 Å². The van der Waals surface area contributed by atoms with Gasteiger partial charge in [-0.15, -0.1) is 5.10 Å². The topological polar surface area (TPSA) is 52.8 Å². The van der Waals surface area contributed by atoms with E-state index in [9.17, 15) is 0 Å². The van der Waals surface area contributed by atoms with Crippen LogP contribution in [0.3, 0.4) is 0 Å². The summed E-state index contributed by atoms with van der Waals surface area (Å²) in [6, 6.07) is 0. The largest absolute Gasteiger partial charge is 0.370 e. The molecule has 1 spiro atoms. The highest BCUT2D eigenvalue weighted by Gasteiger charge is 2.41. The summed E-state index contributed by atoms with van der Waals surface area (Å²) in [5.41, 5.74) is 0.205. The molecule has 1 saturated heterocycles. The Balaban J connectivity index is 1.42. The second-order valence-electron chi connectivity index (χ2n) is 6.52. The zero-order valence-electron chi connectivity index (χ0n) is 11.4. The number of ether oxygens (including phenoxy) is 1. The van der Waals surface area contributed by atoms with Crippen LogP contribution >= 0.6 is 0 Å². The summed E-state index contributed by atoms with van der Waals surface area (Å²) in [6.45, 7) is 0.848. The molecule has 5 heteroatoms. The maximum absolute atomic E-state index is 6.40. The van der Waals surface area contributed by atoms with Gasteiger partial charge >= 0.3 is 0 Å². The Morgan fingerprint density at radius 2 is 1.95 bits per heavy atom. The van der Waals surface area contributed by atoms with Crippen LogP contribution in [-0.4, -0.2) is 31.9 Å². The van der Waals surface area contributed by atoms with Crippen molar-refractivity contribution in [3.05, 3.63) is 5.82 Å². The molecule has 19 heavy (non-hydrogen) atoms. The molecule has 2 heterocycles. The van der Waals surface area contributed by atoms with Crippen molar-refractivity contribution in [1.82, 2.24) is 20.2 Å². The van der Waals surface area contributed by atoms with Gasteiger partial charge < -0.3 is 4.74 Å². The molecule has 0 unspecified atom stereocenters. The van der Waals surface area contributed by atoms with Crippen LogP contribution in [0.25, 0.3) is 0 Å². The minimum absolute atomic E-state index is 0.205. The van der Waals surface area contributed by atoms with Gasteiger partial charge in [-0.25, -0.2) is 4.68 Å². The van der Waals surface area contributed by atoms with E-state index in [2.05, 4.69) is 15.5 Å². The lowest BCUT2D eigenvalue weighted by Gasteiger charge is -2.33. The average molecular weight is 262 g/mol. The van der Waals surface area contributed by atoms with Gasteiger partial charge in [-0.1, -0.05) is 19.3 Å². The van der Waals surface area contributed by atoms with Crippen LogP contribution < -0.4 is 0 Å². The van der Waals surface area contributed by atoms with Crippen LogP contribution in [0, 0.1) is 0 Å². The summed E-state index contributed by atoms with van der Waals surface area (Å²) >= 11 is 0. The SMILES string of the molecule is C1CCC2(CC1)CC[C@H](Cn1nnnc1C1CC1)O2. The summed E-state index contributed by atoms with van der Waals surface area (Å²) in [5.74, 6) is 1.69. The molecule has 0 bridgehead atoms. The van der Waals surface area contributed by atoms with Gasteiger partial charge in [0.25, 0.3) is 0 Å². The third-order valence-corrected chi connectivity index (χ3v) is 4.98. The van der Waals surface area contributed by atoms with Crippen LogP contribution in [-0.2, 0) is 11.3 Å². The lowest BCUT2D eigenvalue weighted by molar-refractivity contribution is -0.0691. The molecule has 0 amide bonds. The van der Waals surface area contributed by atoms with Gasteiger partial charge in [0, 0.05) is 5.92 Å². The maximum atomic E-state index is 6.40. The molecule has 0 radical (unpaired) electrons. The fraction of sp³-hybridized carbons (Fsp3) is 0.929. The van der Waals surface area contributed by atoms with E-state index in [1.807, 2.05) is 4.68 Å². The molecule has 2 saturated carbocycles. The molecule has 5 nitrogen and oxygen atoms in total. The number of nitrogens with zero attached hydrogens (tertiary/aromatic N) is 4. The van der Waals surface area contributed by atoms with Crippen molar-refractivity contribution in [2.24, 2.45) is 0 Å². The molecule has 104 valence electrons. The molecule has 1 aromatic rings. The first kappa shape index (κ1) is 11.8. The van der Waals surface area contributed by atoms with Crippen molar-refractivity contribution in [2.75, 3.05) is 0 Å². The van der Waals surface area contributed by atoms with Gasteiger partial charge in [-0.3, -0.25) is 0 Å². The van der Waals surface area contributed by atoms with E-state index < -0.39 is 0 Å². The van der Waals surface area contributed by atoms with Crippen molar-refractivity contribution < 1.29 is 4.74 Å². The predicted octanol–water partition coefficient (Wildman–Crippen LogP) is 2.43. The minimum Gasteiger partial charge on any atom is -0.370 e. The fourth-order valence-corrected chi connectivity index (χ4v) is 3.76. The van der Waals surface area contributed by atoms with E-state index in [1.54, 1.807) is 0 Å². The number of aromatic nitrogens is 4. The zero-order chi connectivity index (χ0) is 12.7. The van der Waals surface area contributed by atoms with Crippen LogP contribution in [0.4, 0.5) is 0 Å². The van der Waals surface area contributed by atoms with E-state index in [0.29, 0.717) is 12.0 Å². The number of hydrogen-bond acceptors (Lipinski definition) is 4. The Kier molecular flexibility index (Phi) is 2.83. The smallest absolute Gasteiger partial charge is 0.154 e. The minimum atomic E-state index is 0.205. The maximum Gasteiger partial charge on any atom is 0.154 e. The Hall–Kier alpha value is -0.970. The summed E-state index contributed by atoms with van der Waals surface area (Å²) < 4.78 is 8.39. The summed E-state index contributed by atoms with van der Waals surface area (Å²) in [7, 11) is 0. The first-order valence-electron chi connectivity index (χ1n) is 7.79. The number of rotatable bonds is 3. The Labute approximate surface area is 113 Å². The van der Waals surface area contributed by atoms with Crippen molar-refractivity contribution in [3.63, 3.8) is 0 Å². The highest BCUT2D eigenvalue weighted by Crippen LogP contribution is 2.43. The Morgan fingerprint density at radius 3 is 2.74 bits per heavy atom. The summed E-state index contributed by atoms with van der Waals surface area (Å²) in [6.07, 6.45) is 11.8. The van der Waals surface area contributed by atoms with Gasteiger partial charge in [-0.2, -0.15) is 0 Å². The van der Waals surface area contributed by atoms with Crippen LogP contribution in [0.1, 0.15) is 69.5 Å². The first-order chi connectivity index (χ1) is 9.35. The second kappa shape index (κ2) is 4.54. The van der Waals surface area contributed by atoms with Gasteiger partial charge in [0.05, 0.1) is 18.2 Å². The normalized spacial score (nSPS) is 30.0. The molecule has 0 N–H and O–H groups in total. The molecule has 4 rings (SSSR count). The third kappa shape index (κ3) is 2.29. The lowest BCUT2D eigenvalue weighted by Crippen LogP contribution is -2.32. The van der Waals surface area contributed by atoms with Gasteiger partial charge in [0.1, 0.15) is 0 Å².